The average molecular weight is 582 g/mol. The fourth-order valence-electron chi connectivity index (χ4n) is 5.76. The molecule has 0 aliphatic carbocycles. The Balaban J connectivity index is 4.13. The molecule has 0 amide bonds. The average Bonchev–Trinajstić information content (AvgIpc) is 2.91. The van der Waals surface area contributed by atoms with Crippen LogP contribution in [-0.4, -0.2) is 58.8 Å². The maximum Gasteiger partial charge on any atom is 0.303 e. The van der Waals surface area contributed by atoms with Crippen LogP contribution in [0.5, 0.6) is 0 Å². The molecule has 2 N–H and O–H groups in total. The van der Waals surface area contributed by atoms with Crippen LogP contribution in [0.15, 0.2) is 12.2 Å². The van der Waals surface area contributed by atoms with E-state index in [0.29, 0.717) is 43.4 Å². The highest BCUT2D eigenvalue weighted by Gasteiger charge is 2.26. The molecule has 0 aromatic heterocycles. The minimum Gasteiger partial charge on any atom is -0.550 e. The van der Waals surface area contributed by atoms with E-state index < -0.39 is 17.9 Å². The van der Waals surface area contributed by atoms with Gasteiger partial charge in [0.1, 0.15) is 0 Å². The van der Waals surface area contributed by atoms with Gasteiger partial charge in [-0.2, -0.15) is 0 Å². The Kier molecular flexibility index (Phi) is 26.9. The van der Waals surface area contributed by atoms with E-state index >= 15 is 0 Å². The first kappa shape index (κ1) is 39.1. The first-order valence-corrected chi connectivity index (χ1v) is 16.9. The zero-order valence-electron chi connectivity index (χ0n) is 26.4. The fraction of sp³-hybridized carbons (Fsp3) is 0.853. The number of aliphatic carboxylic acids is 3. The fourth-order valence-corrected chi connectivity index (χ4v) is 5.76. The second-order valence-electron chi connectivity index (χ2n) is 12.1. The summed E-state index contributed by atoms with van der Waals surface area (Å²) in [5.74, 6) is -2.76. The lowest BCUT2D eigenvalue weighted by Crippen LogP contribution is -2.51. The lowest BCUT2D eigenvalue weighted by molar-refractivity contribution is -0.929. The van der Waals surface area contributed by atoms with Gasteiger partial charge in [-0.25, -0.2) is 0 Å². The largest absolute Gasteiger partial charge is 0.550 e. The number of hydrogen-bond acceptors (Lipinski definition) is 4. The Morgan fingerprint density at radius 1 is 0.512 bits per heavy atom. The third kappa shape index (κ3) is 28.0. The molecule has 0 saturated carbocycles. The van der Waals surface area contributed by atoms with Crippen molar-refractivity contribution >= 4 is 17.9 Å². The number of unbranched alkanes of at least 4 members (excludes halogenated alkanes) is 16. The first-order valence-electron chi connectivity index (χ1n) is 16.9. The number of allylic oxidation sites excluding steroid dienone is 2. The van der Waals surface area contributed by atoms with Gasteiger partial charge in [0.2, 0.25) is 0 Å². The van der Waals surface area contributed by atoms with Gasteiger partial charge in [0.05, 0.1) is 39.0 Å². The van der Waals surface area contributed by atoms with Crippen LogP contribution in [-0.2, 0) is 14.4 Å². The molecule has 0 bridgehead atoms. The second-order valence-corrected chi connectivity index (χ2v) is 12.1. The number of rotatable bonds is 32. The molecular formula is C34H63NO6. The van der Waals surface area contributed by atoms with Gasteiger partial charge in [0, 0.05) is 25.2 Å². The quantitative estimate of drug-likeness (QED) is 0.0479. The second kappa shape index (κ2) is 28.2. The number of carboxylic acid groups (broad SMARTS) is 3. The first-order chi connectivity index (χ1) is 19.8. The van der Waals surface area contributed by atoms with Crippen LogP contribution in [0.1, 0.15) is 161 Å². The molecule has 0 aromatic rings. The monoisotopic (exact) mass is 581 g/mol. The summed E-state index contributed by atoms with van der Waals surface area (Å²) in [5, 5.41) is 29.1. The van der Waals surface area contributed by atoms with Crippen LogP contribution in [0.2, 0.25) is 0 Å². The van der Waals surface area contributed by atoms with Gasteiger partial charge in [0.25, 0.3) is 0 Å². The van der Waals surface area contributed by atoms with Crippen molar-refractivity contribution in [2.75, 3.05) is 26.2 Å². The molecule has 7 nitrogen and oxygen atoms in total. The Labute approximate surface area is 251 Å². The predicted molar refractivity (Wildman–Crippen MR) is 166 cm³/mol. The molecule has 0 heterocycles. The summed E-state index contributed by atoms with van der Waals surface area (Å²) in [7, 11) is 0. The van der Waals surface area contributed by atoms with Gasteiger partial charge in [-0.05, 0) is 44.9 Å². The number of carbonyl (C=O) groups is 3. The third-order valence-corrected chi connectivity index (χ3v) is 8.20. The summed E-state index contributed by atoms with van der Waals surface area (Å²) >= 11 is 0. The highest BCUT2D eigenvalue weighted by Crippen LogP contribution is 2.18. The molecule has 7 heteroatoms. The van der Waals surface area contributed by atoms with Crippen molar-refractivity contribution in [2.24, 2.45) is 0 Å². The third-order valence-electron chi connectivity index (χ3n) is 8.20. The molecule has 0 radical (unpaired) electrons. The molecule has 240 valence electrons. The smallest absolute Gasteiger partial charge is 0.303 e. The SMILES string of the molecule is CCCCCCCCCCCCCCC/C=C/CCCCC[N+](CCCC(=O)[O-])(CCCC(=O)O)CCCC(=O)O. The van der Waals surface area contributed by atoms with Crippen LogP contribution < -0.4 is 5.11 Å². The minimum absolute atomic E-state index is 0.0259. The minimum atomic E-state index is -1.08. The molecule has 0 atom stereocenters. The van der Waals surface area contributed by atoms with Gasteiger partial charge in [0.15, 0.2) is 0 Å². The van der Waals surface area contributed by atoms with Crippen LogP contribution in [0.4, 0.5) is 0 Å². The van der Waals surface area contributed by atoms with Gasteiger partial charge in [-0.3, -0.25) is 9.59 Å². The van der Waals surface area contributed by atoms with Crippen molar-refractivity contribution in [1.82, 2.24) is 0 Å². The maximum absolute atomic E-state index is 11.1. The molecule has 0 spiro atoms. The molecule has 0 fully saturated rings. The number of hydrogen-bond donors (Lipinski definition) is 2. The van der Waals surface area contributed by atoms with E-state index in [0.717, 1.165) is 38.6 Å². The van der Waals surface area contributed by atoms with Crippen molar-refractivity contribution in [3.8, 4) is 0 Å². The van der Waals surface area contributed by atoms with E-state index in [9.17, 15) is 19.5 Å². The van der Waals surface area contributed by atoms with Crippen LogP contribution in [0.3, 0.4) is 0 Å². The van der Waals surface area contributed by atoms with Gasteiger partial charge in [-0.1, -0.05) is 96.1 Å². The van der Waals surface area contributed by atoms with Gasteiger partial charge < -0.3 is 24.6 Å². The zero-order valence-corrected chi connectivity index (χ0v) is 26.4. The Hall–Kier alpha value is -1.89. The summed E-state index contributed by atoms with van der Waals surface area (Å²) in [4.78, 5) is 33.1. The van der Waals surface area contributed by atoms with E-state index in [-0.39, 0.29) is 19.3 Å². The highest BCUT2D eigenvalue weighted by atomic mass is 16.4. The van der Waals surface area contributed by atoms with Crippen molar-refractivity contribution in [2.45, 2.75) is 161 Å². The van der Waals surface area contributed by atoms with Gasteiger partial charge in [-0.15, -0.1) is 0 Å². The van der Waals surface area contributed by atoms with E-state index in [1.807, 2.05) is 0 Å². The van der Waals surface area contributed by atoms with Crippen molar-refractivity contribution in [3.05, 3.63) is 12.2 Å². The molecule has 0 aliphatic heterocycles. The van der Waals surface area contributed by atoms with Crippen LogP contribution in [0.25, 0.3) is 0 Å². The summed E-state index contributed by atoms with van der Waals surface area (Å²) in [6.07, 6.45) is 29.5. The molecule has 0 rings (SSSR count). The molecule has 41 heavy (non-hydrogen) atoms. The standard InChI is InChI=1S/C34H63NO6/c1-2-3-4-5-6-7-8-9-10-11-12-13-14-15-16-17-18-19-20-21-28-35(29-22-25-32(36)37,30-23-26-33(38)39)31-24-27-34(40)41/h16-17H,2-15,18-31H2,1H3,(H2-,36,37,38,39,40,41)/b17-16+. The zero-order chi connectivity index (χ0) is 30.4. The Bertz CT molecular complexity index is 628. The topological polar surface area (TPSA) is 115 Å². The van der Waals surface area contributed by atoms with Crippen molar-refractivity contribution < 1.29 is 34.2 Å². The van der Waals surface area contributed by atoms with E-state index in [1.54, 1.807) is 0 Å². The summed E-state index contributed by atoms with van der Waals surface area (Å²) < 4.78 is 0.600. The molecule has 0 saturated heterocycles. The lowest BCUT2D eigenvalue weighted by atomic mass is 10.0. The summed E-state index contributed by atoms with van der Waals surface area (Å²) in [6.45, 7) is 4.99. The molecule has 0 aromatic carbocycles. The van der Waals surface area contributed by atoms with Crippen LogP contribution in [0, 0.1) is 0 Å². The van der Waals surface area contributed by atoms with Crippen molar-refractivity contribution in [1.29, 1.82) is 0 Å². The Morgan fingerprint density at radius 3 is 1.24 bits per heavy atom. The number of carbonyl (C=O) groups excluding carboxylic acids is 1. The number of quaternary nitrogens is 1. The van der Waals surface area contributed by atoms with Crippen LogP contribution >= 0.6 is 0 Å². The molecule has 0 aliphatic rings. The van der Waals surface area contributed by atoms with E-state index in [2.05, 4.69) is 19.1 Å². The predicted octanol–water partition coefficient (Wildman–Crippen LogP) is 7.66. The lowest BCUT2D eigenvalue weighted by Gasteiger charge is -2.39. The highest BCUT2D eigenvalue weighted by molar-refractivity contribution is 5.66. The maximum atomic E-state index is 11.1. The molecular weight excluding hydrogens is 518 g/mol. The molecule has 0 unspecified atom stereocenters. The van der Waals surface area contributed by atoms with Crippen molar-refractivity contribution in [3.63, 3.8) is 0 Å². The Morgan fingerprint density at radius 2 is 0.854 bits per heavy atom. The normalized spacial score (nSPS) is 11.8. The van der Waals surface area contributed by atoms with E-state index in [4.69, 9.17) is 10.2 Å². The van der Waals surface area contributed by atoms with Gasteiger partial charge >= 0.3 is 11.9 Å². The summed E-state index contributed by atoms with van der Waals surface area (Å²) in [6, 6.07) is 0. The van der Waals surface area contributed by atoms with E-state index in [1.165, 1.54) is 83.5 Å². The number of nitrogens with zero attached hydrogens (tertiary/aromatic N) is 1. The summed E-state index contributed by atoms with van der Waals surface area (Å²) in [5.41, 5.74) is 0. The number of carboxylic acids is 3.